The molecule has 0 atom stereocenters. The van der Waals surface area contributed by atoms with E-state index in [0.717, 1.165) is 31.0 Å². The highest BCUT2D eigenvalue weighted by Crippen LogP contribution is 2.10. The Hall–Kier alpha value is -1.65. The van der Waals surface area contributed by atoms with Gasteiger partial charge in [-0.15, -0.1) is 0 Å². The first kappa shape index (κ1) is 14.8. The predicted octanol–water partition coefficient (Wildman–Crippen LogP) is 2.50. The normalized spacial score (nSPS) is 10.9. The molecule has 0 aliphatic carbocycles. The largest absolute Gasteiger partial charge is 0.444 e. The molecular formula is C16H22N2O2. The van der Waals surface area contributed by atoms with Crippen molar-refractivity contribution in [2.24, 2.45) is 0 Å². The van der Waals surface area contributed by atoms with E-state index in [1.165, 1.54) is 11.1 Å². The molecule has 4 nitrogen and oxygen atoms in total. The van der Waals surface area contributed by atoms with Gasteiger partial charge in [-0.3, -0.25) is 0 Å². The second-order valence-corrected chi connectivity index (χ2v) is 4.88. The van der Waals surface area contributed by atoms with Gasteiger partial charge in [-0.05, 0) is 18.9 Å². The number of rotatable bonds is 8. The highest BCUT2D eigenvalue weighted by molar-refractivity contribution is 5.21. The second-order valence-electron chi connectivity index (χ2n) is 4.88. The van der Waals surface area contributed by atoms with Crippen LogP contribution in [0, 0.1) is 6.92 Å². The van der Waals surface area contributed by atoms with Gasteiger partial charge < -0.3 is 14.5 Å². The summed E-state index contributed by atoms with van der Waals surface area (Å²) in [5.41, 5.74) is 2.62. The Morgan fingerprint density at radius 3 is 2.75 bits per heavy atom. The number of aromatic nitrogens is 1. The molecule has 1 N–H and O–H groups in total. The Morgan fingerprint density at radius 1 is 1.20 bits per heavy atom. The van der Waals surface area contributed by atoms with Crippen LogP contribution in [-0.4, -0.2) is 25.2 Å². The van der Waals surface area contributed by atoms with Crippen LogP contribution in [0.25, 0.3) is 0 Å². The van der Waals surface area contributed by atoms with Crippen molar-refractivity contribution in [3.05, 3.63) is 53.2 Å². The molecule has 2 aromatic rings. The van der Waals surface area contributed by atoms with Gasteiger partial charge in [-0.1, -0.05) is 29.8 Å². The summed E-state index contributed by atoms with van der Waals surface area (Å²) < 4.78 is 10.7. The SMILES string of the molecule is COCCNCc1ncc(CCc2ccc(C)cc2)o1. The number of benzene rings is 1. The average Bonchev–Trinajstić information content (AvgIpc) is 2.91. The zero-order valence-electron chi connectivity index (χ0n) is 12.2. The highest BCUT2D eigenvalue weighted by Gasteiger charge is 2.04. The Balaban J connectivity index is 1.76. The summed E-state index contributed by atoms with van der Waals surface area (Å²) in [5, 5.41) is 3.21. The number of oxazole rings is 1. The molecule has 1 aromatic carbocycles. The first-order chi connectivity index (χ1) is 9.78. The minimum absolute atomic E-state index is 0.647. The lowest BCUT2D eigenvalue weighted by molar-refractivity contribution is 0.198. The zero-order valence-corrected chi connectivity index (χ0v) is 12.2. The van der Waals surface area contributed by atoms with Crippen LogP contribution >= 0.6 is 0 Å². The standard InChI is InChI=1S/C16H22N2O2/c1-13-3-5-14(6-4-13)7-8-15-11-18-16(20-15)12-17-9-10-19-2/h3-6,11,17H,7-10,12H2,1-2H3. The van der Waals surface area contributed by atoms with E-state index in [-0.39, 0.29) is 0 Å². The zero-order chi connectivity index (χ0) is 14.2. The second kappa shape index (κ2) is 7.82. The van der Waals surface area contributed by atoms with E-state index < -0.39 is 0 Å². The fraction of sp³-hybridized carbons (Fsp3) is 0.438. The lowest BCUT2D eigenvalue weighted by atomic mass is 10.1. The molecule has 108 valence electrons. The van der Waals surface area contributed by atoms with Gasteiger partial charge in [0.2, 0.25) is 5.89 Å². The third-order valence-electron chi connectivity index (χ3n) is 3.14. The summed E-state index contributed by atoms with van der Waals surface area (Å²) in [4.78, 5) is 4.27. The van der Waals surface area contributed by atoms with E-state index in [4.69, 9.17) is 9.15 Å². The van der Waals surface area contributed by atoms with Gasteiger partial charge in [0, 0.05) is 20.1 Å². The molecular weight excluding hydrogens is 252 g/mol. The number of methoxy groups -OCH3 is 1. The van der Waals surface area contributed by atoms with E-state index in [0.29, 0.717) is 13.2 Å². The third kappa shape index (κ3) is 4.79. The van der Waals surface area contributed by atoms with Crippen molar-refractivity contribution >= 4 is 0 Å². The predicted molar refractivity (Wildman–Crippen MR) is 78.7 cm³/mol. The molecule has 0 unspecified atom stereocenters. The molecule has 20 heavy (non-hydrogen) atoms. The van der Waals surface area contributed by atoms with Gasteiger partial charge in [0.25, 0.3) is 0 Å². The van der Waals surface area contributed by atoms with Gasteiger partial charge in [0.1, 0.15) is 5.76 Å². The Bertz CT molecular complexity index is 505. The molecule has 0 saturated carbocycles. The van der Waals surface area contributed by atoms with E-state index in [9.17, 15) is 0 Å². The van der Waals surface area contributed by atoms with Crippen LogP contribution in [0.3, 0.4) is 0 Å². The summed E-state index contributed by atoms with van der Waals surface area (Å²) in [6, 6.07) is 8.61. The molecule has 0 spiro atoms. The van der Waals surface area contributed by atoms with Gasteiger partial charge in [-0.25, -0.2) is 4.98 Å². The van der Waals surface area contributed by atoms with Crippen molar-refractivity contribution in [2.45, 2.75) is 26.3 Å². The van der Waals surface area contributed by atoms with Gasteiger partial charge in [0.05, 0.1) is 19.3 Å². The van der Waals surface area contributed by atoms with Crippen LogP contribution in [0.1, 0.15) is 22.8 Å². The Morgan fingerprint density at radius 2 is 2.00 bits per heavy atom. The summed E-state index contributed by atoms with van der Waals surface area (Å²) in [6.45, 7) is 4.25. The molecule has 4 heteroatoms. The van der Waals surface area contributed by atoms with E-state index in [2.05, 4.69) is 41.5 Å². The fourth-order valence-corrected chi connectivity index (χ4v) is 1.94. The monoisotopic (exact) mass is 274 g/mol. The van der Waals surface area contributed by atoms with Gasteiger partial charge in [0.15, 0.2) is 0 Å². The number of nitrogens with one attached hydrogen (secondary N) is 1. The lowest BCUT2D eigenvalue weighted by Crippen LogP contribution is -2.18. The topological polar surface area (TPSA) is 47.3 Å². The molecule has 0 aliphatic heterocycles. The van der Waals surface area contributed by atoms with Gasteiger partial charge in [-0.2, -0.15) is 0 Å². The van der Waals surface area contributed by atoms with E-state index >= 15 is 0 Å². The van der Waals surface area contributed by atoms with E-state index in [1.807, 2.05) is 6.20 Å². The number of aryl methyl sites for hydroxylation is 3. The third-order valence-corrected chi connectivity index (χ3v) is 3.14. The van der Waals surface area contributed by atoms with Crippen molar-refractivity contribution in [3.63, 3.8) is 0 Å². The van der Waals surface area contributed by atoms with Crippen molar-refractivity contribution in [1.82, 2.24) is 10.3 Å². The smallest absolute Gasteiger partial charge is 0.208 e. The molecule has 0 amide bonds. The maximum Gasteiger partial charge on any atom is 0.208 e. The lowest BCUT2D eigenvalue weighted by Gasteiger charge is -2.01. The van der Waals surface area contributed by atoms with Crippen LogP contribution in [-0.2, 0) is 24.1 Å². The summed E-state index contributed by atoms with van der Waals surface area (Å²) >= 11 is 0. The number of hydrogen-bond donors (Lipinski definition) is 1. The van der Waals surface area contributed by atoms with E-state index in [1.54, 1.807) is 7.11 Å². The molecule has 0 saturated heterocycles. The van der Waals surface area contributed by atoms with Gasteiger partial charge >= 0.3 is 0 Å². The van der Waals surface area contributed by atoms with Crippen LogP contribution in [0.2, 0.25) is 0 Å². The number of ether oxygens (including phenoxy) is 1. The first-order valence-corrected chi connectivity index (χ1v) is 6.96. The minimum Gasteiger partial charge on any atom is -0.444 e. The number of nitrogens with zero attached hydrogens (tertiary/aromatic N) is 1. The summed E-state index contributed by atoms with van der Waals surface area (Å²) in [7, 11) is 1.69. The number of hydrogen-bond acceptors (Lipinski definition) is 4. The molecule has 0 radical (unpaired) electrons. The van der Waals surface area contributed by atoms with Crippen LogP contribution in [0.4, 0.5) is 0 Å². The maximum atomic E-state index is 5.69. The average molecular weight is 274 g/mol. The summed E-state index contributed by atoms with van der Waals surface area (Å²) in [6.07, 6.45) is 3.68. The van der Waals surface area contributed by atoms with Crippen LogP contribution < -0.4 is 5.32 Å². The van der Waals surface area contributed by atoms with Crippen molar-refractivity contribution in [1.29, 1.82) is 0 Å². The van der Waals surface area contributed by atoms with Crippen molar-refractivity contribution in [2.75, 3.05) is 20.3 Å². The Kier molecular flexibility index (Phi) is 5.77. The first-order valence-electron chi connectivity index (χ1n) is 6.96. The van der Waals surface area contributed by atoms with Crippen molar-refractivity contribution in [3.8, 4) is 0 Å². The van der Waals surface area contributed by atoms with Crippen molar-refractivity contribution < 1.29 is 9.15 Å². The summed E-state index contributed by atoms with van der Waals surface area (Å²) in [5.74, 6) is 1.68. The molecule has 0 fully saturated rings. The molecule has 1 heterocycles. The maximum absolute atomic E-state index is 5.69. The Labute approximate surface area is 120 Å². The molecule has 0 bridgehead atoms. The highest BCUT2D eigenvalue weighted by atomic mass is 16.5. The quantitative estimate of drug-likeness (QED) is 0.751. The molecule has 0 aliphatic rings. The van der Waals surface area contributed by atoms with Crippen LogP contribution in [0.15, 0.2) is 34.9 Å². The molecule has 1 aromatic heterocycles. The minimum atomic E-state index is 0.647. The molecule has 2 rings (SSSR count). The fourth-order valence-electron chi connectivity index (χ4n) is 1.94. The van der Waals surface area contributed by atoms with Crippen LogP contribution in [0.5, 0.6) is 0 Å².